The quantitative estimate of drug-likeness (QED) is 0.760. The fourth-order valence-electron chi connectivity index (χ4n) is 1.49. The number of benzene rings is 1. The second kappa shape index (κ2) is 7.88. The predicted octanol–water partition coefficient (Wildman–Crippen LogP) is 0.971. The fourth-order valence-corrected chi connectivity index (χ4v) is 1.49. The van der Waals surface area contributed by atoms with E-state index in [-0.39, 0.29) is 0 Å². The number of primary amides is 1. The van der Waals surface area contributed by atoms with Crippen molar-refractivity contribution in [1.29, 1.82) is 0 Å². The van der Waals surface area contributed by atoms with E-state index in [4.69, 9.17) is 15.2 Å². The molecule has 0 aromatic heterocycles. The number of urea groups is 1. The second-order valence-corrected chi connectivity index (χ2v) is 4.26. The Kier molecular flexibility index (Phi) is 6.19. The van der Waals surface area contributed by atoms with Crippen molar-refractivity contribution in [3.05, 3.63) is 30.3 Å². The maximum atomic E-state index is 11.9. The van der Waals surface area contributed by atoms with E-state index < -0.39 is 30.1 Å². The zero-order valence-electron chi connectivity index (χ0n) is 11.9. The first-order valence-electron chi connectivity index (χ1n) is 6.46. The van der Waals surface area contributed by atoms with Crippen molar-refractivity contribution in [3.8, 4) is 5.75 Å². The highest BCUT2D eigenvalue weighted by Crippen LogP contribution is 2.13. The van der Waals surface area contributed by atoms with Gasteiger partial charge in [0.25, 0.3) is 5.91 Å². The largest absolute Gasteiger partial charge is 0.479 e. The number of nitrogens with two attached hydrogens (primary N) is 1. The fraction of sp³-hybridized carbons (Fsp3) is 0.357. The molecule has 1 rings (SSSR count). The Bertz CT molecular complexity index is 503. The lowest BCUT2D eigenvalue weighted by Gasteiger charge is -2.19. The summed E-state index contributed by atoms with van der Waals surface area (Å²) >= 11 is 0. The van der Waals surface area contributed by atoms with Crippen molar-refractivity contribution in [2.75, 3.05) is 0 Å². The van der Waals surface area contributed by atoms with Gasteiger partial charge in [-0.2, -0.15) is 0 Å². The molecule has 3 amide bonds. The van der Waals surface area contributed by atoms with Crippen LogP contribution in [0.5, 0.6) is 5.75 Å². The molecule has 2 atom stereocenters. The summed E-state index contributed by atoms with van der Waals surface area (Å²) in [5, 5.41) is 1.84. The summed E-state index contributed by atoms with van der Waals surface area (Å²) in [7, 11) is 0. The molecule has 0 saturated heterocycles. The van der Waals surface area contributed by atoms with Crippen molar-refractivity contribution in [3.63, 3.8) is 0 Å². The van der Waals surface area contributed by atoms with E-state index in [9.17, 15) is 14.4 Å². The SMILES string of the molecule is CC[C@@H](Oc1ccccc1)C(=O)O[C@@H](C)C(=O)NC(N)=O. The summed E-state index contributed by atoms with van der Waals surface area (Å²) in [5.41, 5.74) is 4.81. The summed E-state index contributed by atoms with van der Waals surface area (Å²) in [5.74, 6) is -0.950. The maximum Gasteiger partial charge on any atom is 0.348 e. The third kappa shape index (κ3) is 5.52. The molecule has 0 aliphatic carbocycles. The lowest BCUT2D eigenvalue weighted by molar-refractivity contribution is -0.161. The number of nitrogens with one attached hydrogen (secondary N) is 1. The second-order valence-electron chi connectivity index (χ2n) is 4.26. The molecule has 1 aromatic rings. The highest BCUT2D eigenvalue weighted by Gasteiger charge is 2.25. The van der Waals surface area contributed by atoms with Crippen LogP contribution >= 0.6 is 0 Å². The lowest BCUT2D eigenvalue weighted by Crippen LogP contribution is -2.43. The molecule has 21 heavy (non-hydrogen) atoms. The summed E-state index contributed by atoms with van der Waals surface area (Å²) in [6.07, 6.45) is -1.60. The monoisotopic (exact) mass is 294 g/mol. The summed E-state index contributed by atoms with van der Waals surface area (Å²) in [6, 6.07) is 7.78. The molecule has 3 N–H and O–H groups in total. The van der Waals surface area contributed by atoms with E-state index in [1.165, 1.54) is 6.92 Å². The average Bonchev–Trinajstić information content (AvgIpc) is 2.44. The summed E-state index contributed by atoms with van der Waals surface area (Å²) in [6.45, 7) is 3.09. The van der Waals surface area contributed by atoms with E-state index in [1.54, 1.807) is 31.2 Å². The topological polar surface area (TPSA) is 108 Å². The van der Waals surface area contributed by atoms with Crippen LogP contribution in [0.2, 0.25) is 0 Å². The van der Waals surface area contributed by atoms with Gasteiger partial charge in [-0.1, -0.05) is 25.1 Å². The van der Waals surface area contributed by atoms with Crippen LogP contribution in [0, 0.1) is 0 Å². The van der Waals surface area contributed by atoms with Gasteiger partial charge < -0.3 is 15.2 Å². The minimum Gasteiger partial charge on any atom is -0.479 e. The molecule has 0 aliphatic rings. The summed E-state index contributed by atoms with van der Waals surface area (Å²) in [4.78, 5) is 33.9. The van der Waals surface area contributed by atoms with Gasteiger partial charge in [0.2, 0.25) is 0 Å². The van der Waals surface area contributed by atoms with E-state index in [2.05, 4.69) is 0 Å². The molecular formula is C14H18N2O5. The van der Waals surface area contributed by atoms with Crippen molar-refractivity contribution in [2.45, 2.75) is 32.5 Å². The van der Waals surface area contributed by atoms with Crippen molar-refractivity contribution >= 4 is 17.9 Å². The zero-order valence-corrected chi connectivity index (χ0v) is 11.9. The Hall–Kier alpha value is -2.57. The van der Waals surface area contributed by atoms with E-state index in [0.717, 1.165) is 0 Å². The van der Waals surface area contributed by atoms with E-state index in [0.29, 0.717) is 12.2 Å². The third-order valence-corrected chi connectivity index (χ3v) is 2.56. The number of amides is 3. The molecule has 0 radical (unpaired) electrons. The van der Waals surface area contributed by atoms with Crippen LogP contribution in [-0.4, -0.2) is 30.1 Å². The summed E-state index contributed by atoms with van der Waals surface area (Å²) < 4.78 is 10.4. The predicted molar refractivity (Wildman–Crippen MR) is 74.4 cm³/mol. The number of hydrogen-bond acceptors (Lipinski definition) is 5. The van der Waals surface area contributed by atoms with Crippen LogP contribution < -0.4 is 15.8 Å². The molecule has 114 valence electrons. The number of hydrogen-bond donors (Lipinski definition) is 2. The molecule has 0 saturated carbocycles. The van der Waals surface area contributed by atoms with Crippen LogP contribution in [0.3, 0.4) is 0 Å². The van der Waals surface area contributed by atoms with Crippen LogP contribution in [-0.2, 0) is 14.3 Å². The van der Waals surface area contributed by atoms with Gasteiger partial charge in [0, 0.05) is 0 Å². The van der Waals surface area contributed by atoms with Gasteiger partial charge in [0.1, 0.15) is 5.75 Å². The van der Waals surface area contributed by atoms with E-state index in [1.807, 2.05) is 11.4 Å². The molecule has 7 heteroatoms. The van der Waals surface area contributed by atoms with Crippen molar-refractivity contribution in [2.24, 2.45) is 5.73 Å². The normalized spacial score (nSPS) is 12.9. The van der Waals surface area contributed by atoms with Crippen LogP contribution in [0.25, 0.3) is 0 Å². The Morgan fingerprint density at radius 2 is 1.86 bits per heavy atom. The minimum atomic E-state index is -1.14. The minimum absolute atomic E-state index is 0.373. The van der Waals surface area contributed by atoms with Crippen LogP contribution in [0.4, 0.5) is 4.79 Å². The number of imide groups is 1. The first-order chi connectivity index (χ1) is 9.93. The number of rotatable bonds is 6. The molecular weight excluding hydrogens is 276 g/mol. The van der Waals surface area contributed by atoms with Gasteiger partial charge >= 0.3 is 12.0 Å². The zero-order chi connectivity index (χ0) is 15.8. The van der Waals surface area contributed by atoms with Crippen LogP contribution in [0.15, 0.2) is 30.3 Å². The smallest absolute Gasteiger partial charge is 0.348 e. The first kappa shape index (κ1) is 16.5. The standard InChI is InChI=1S/C14H18N2O5/c1-3-11(21-10-7-5-4-6-8-10)13(18)20-9(2)12(17)16-14(15)19/h4-9,11H,3H2,1-2H3,(H3,15,16,17,19)/t9-,11+/m0/s1. The van der Waals surface area contributed by atoms with Gasteiger partial charge in [0.15, 0.2) is 12.2 Å². The average molecular weight is 294 g/mol. The Morgan fingerprint density at radius 3 is 2.38 bits per heavy atom. The molecule has 0 bridgehead atoms. The highest BCUT2D eigenvalue weighted by molar-refractivity contribution is 5.96. The molecule has 0 fully saturated rings. The Labute approximate surface area is 122 Å². The van der Waals surface area contributed by atoms with Crippen LogP contribution in [0.1, 0.15) is 20.3 Å². The molecule has 7 nitrogen and oxygen atoms in total. The lowest BCUT2D eigenvalue weighted by atomic mass is 10.2. The van der Waals surface area contributed by atoms with Gasteiger partial charge in [-0.15, -0.1) is 0 Å². The first-order valence-corrected chi connectivity index (χ1v) is 6.46. The maximum absolute atomic E-state index is 11.9. The Morgan fingerprint density at radius 1 is 1.24 bits per heavy atom. The molecule has 0 heterocycles. The Balaban J connectivity index is 2.59. The highest BCUT2D eigenvalue weighted by atomic mass is 16.6. The van der Waals surface area contributed by atoms with Crippen molar-refractivity contribution in [1.82, 2.24) is 5.32 Å². The number of esters is 1. The van der Waals surface area contributed by atoms with E-state index >= 15 is 0 Å². The molecule has 0 unspecified atom stereocenters. The number of para-hydroxylation sites is 1. The van der Waals surface area contributed by atoms with Gasteiger partial charge in [-0.05, 0) is 25.5 Å². The number of ether oxygens (including phenoxy) is 2. The molecule has 1 aromatic carbocycles. The number of carbonyl (C=O) groups is 3. The van der Waals surface area contributed by atoms with Gasteiger partial charge in [-0.25, -0.2) is 9.59 Å². The third-order valence-electron chi connectivity index (χ3n) is 2.56. The number of carbonyl (C=O) groups excluding carboxylic acids is 3. The van der Waals surface area contributed by atoms with Gasteiger partial charge in [0.05, 0.1) is 0 Å². The van der Waals surface area contributed by atoms with Crippen molar-refractivity contribution < 1.29 is 23.9 Å². The molecule has 0 aliphatic heterocycles. The van der Waals surface area contributed by atoms with Gasteiger partial charge in [-0.3, -0.25) is 10.1 Å². The molecule has 0 spiro atoms.